The molecule has 0 aliphatic carbocycles. The van der Waals surface area contributed by atoms with Crippen LogP contribution in [0.2, 0.25) is 0 Å². The molecular formula is C23H33F3N6O4. The average molecular weight is 515 g/mol. The third kappa shape index (κ3) is 5.96. The normalized spacial score (nSPS) is 23.7. The lowest BCUT2D eigenvalue weighted by atomic mass is 9.95. The van der Waals surface area contributed by atoms with E-state index in [1.54, 1.807) is 19.2 Å². The Bertz CT molecular complexity index is 997. The van der Waals surface area contributed by atoms with Crippen molar-refractivity contribution in [1.29, 1.82) is 5.26 Å². The van der Waals surface area contributed by atoms with E-state index in [-0.39, 0.29) is 25.3 Å². The molecule has 0 aromatic rings. The van der Waals surface area contributed by atoms with E-state index >= 15 is 0 Å². The number of carbonyl (C=O) groups excluding carboxylic acids is 4. The van der Waals surface area contributed by atoms with Gasteiger partial charge in [-0.1, -0.05) is 34.6 Å². The second-order valence-electron chi connectivity index (χ2n) is 10.8. The van der Waals surface area contributed by atoms with Crippen LogP contribution in [0.25, 0.3) is 0 Å². The molecular weight excluding hydrogens is 481 g/mol. The number of nitrogens with one attached hydrogen (secondary N) is 2. The van der Waals surface area contributed by atoms with Crippen LogP contribution >= 0.6 is 0 Å². The summed E-state index contributed by atoms with van der Waals surface area (Å²) in [6.07, 6.45) is -5.05. The number of likely N-dealkylation sites (N-methyl/N-ethyl adjacent to an activating group) is 1. The molecule has 2 rings (SSSR count). The summed E-state index contributed by atoms with van der Waals surface area (Å²) < 4.78 is 37.9. The van der Waals surface area contributed by atoms with Crippen molar-refractivity contribution in [3.05, 3.63) is 0 Å². The smallest absolute Gasteiger partial charge is 0.337 e. The number of aliphatic imine (C=N–C) groups is 1. The van der Waals surface area contributed by atoms with Crippen molar-refractivity contribution in [2.75, 3.05) is 13.6 Å². The maximum atomic E-state index is 13.7. The Balaban J connectivity index is 2.33. The molecule has 4 atom stereocenters. The van der Waals surface area contributed by atoms with E-state index in [9.17, 15) is 37.6 Å². The maximum Gasteiger partial charge on any atom is 0.471 e. The lowest BCUT2D eigenvalue weighted by molar-refractivity contribution is -0.175. The average Bonchev–Trinajstić information content (AvgIpc) is 3.29. The van der Waals surface area contributed by atoms with E-state index in [1.807, 2.05) is 26.8 Å². The van der Waals surface area contributed by atoms with Gasteiger partial charge < -0.3 is 20.4 Å². The minimum atomic E-state index is -5.17. The summed E-state index contributed by atoms with van der Waals surface area (Å²) in [5.74, 6) is -3.87. The maximum absolute atomic E-state index is 13.7. The van der Waals surface area contributed by atoms with Gasteiger partial charge in [-0.15, -0.1) is 0 Å². The summed E-state index contributed by atoms with van der Waals surface area (Å²) in [5, 5.41) is 14.1. The third-order valence-electron chi connectivity index (χ3n) is 6.23. The van der Waals surface area contributed by atoms with E-state index < -0.39 is 58.9 Å². The largest absolute Gasteiger partial charge is 0.471 e. The molecule has 13 heteroatoms. The first-order valence-electron chi connectivity index (χ1n) is 11.6. The van der Waals surface area contributed by atoms with Gasteiger partial charge >= 0.3 is 12.1 Å². The molecule has 1 saturated heterocycles. The van der Waals surface area contributed by atoms with Crippen LogP contribution in [0, 0.1) is 22.7 Å². The lowest BCUT2D eigenvalue weighted by Gasteiger charge is -2.34. The minimum absolute atomic E-state index is 0.0231. The Labute approximate surface area is 208 Å². The van der Waals surface area contributed by atoms with Crippen molar-refractivity contribution < 1.29 is 32.3 Å². The van der Waals surface area contributed by atoms with Crippen molar-refractivity contribution in [3.63, 3.8) is 0 Å². The van der Waals surface area contributed by atoms with E-state index in [0.29, 0.717) is 5.84 Å². The first-order chi connectivity index (χ1) is 16.3. The predicted octanol–water partition coefficient (Wildman–Crippen LogP) is 1.36. The van der Waals surface area contributed by atoms with Crippen LogP contribution in [-0.2, 0) is 19.2 Å². The van der Waals surface area contributed by atoms with Crippen molar-refractivity contribution in [2.24, 2.45) is 16.3 Å². The zero-order valence-corrected chi connectivity index (χ0v) is 21.5. The van der Waals surface area contributed by atoms with Crippen LogP contribution in [0.15, 0.2) is 4.99 Å². The molecule has 4 amide bonds. The topological polar surface area (TPSA) is 135 Å². The molecule has 200 valence electrons. The highest BCUT2D eigenvalue weighted by atomic mass is 19.4. The highest BCUT2D eigenvalue weighted by Crippen LogP contribution is 2.36. The summed E-state index contributed by atoms with van der Waals surface area (Å²) in [4.78, 5) is 57.5. The highest BCUT2D eigenvalue weighted by Gasteiger charge is 2.56. The van der Waals surface area contributed by atoms with E-state index in [0.717, 1.165) is 11.8 Å². The lowest BCUT2D eigenvalue weighted by Crippen LogP contribution is -2.56. The molecule has 0 saturated carbocycles. The van der Waals surface area contributed by atoms with Crippen LogP contribution in [0.1, 0.15) is 54.4 Å². The van der Waals surface area contributed by atoms with Gasteiger partial charge in [-0.3, -0.25) is 24.2 Å². The Hall–Kier alpha value is -3.17. The zero-order chi connectivity index (χ0) is 27.8. The van der Waals surface area contributed by atoms with Crippen LogP contribution < -0.4 is 10.6 Å². The fraction of sp³-hybridized carbons (Fsp3) is 0.739. The van der Waals surface area contributed by atoms with Gasteiger partial charge in [0, 0.05) is 18.9 Å². The highest BCUT2D eigenvalue weighted by molar-refractivity contribution is 6.10. The Kier molecular flexibility index (Phi) is 8.12. The fourth-order valence-electron chi connectivity index (χ4n) is 4.21. The number of halogens is 3. The standard InChI is InChI=1S/C23H33F3N6O4/c1-12(2)8-15(31(7)16(33)13(3)28-20(36)23(24,25)26)17(34)32-11-22(9-14(32)10-27)19(35)29-18(30-22)21(4,5)6/h12-15H,8-9,11H2,1-7H3,(H,28,36)(H,29,30,35). The van der Waals surface area contributed by atoms with Gasteiger partial charge in [-0.2, -0.15) is 18.4 Å². The summed E-state index contributed by atoms with van der Waals surface area (Å²) in [7, 11) is 1.26. The van der Waals surface area contributed by atoms with Crippen molar-refractivity contribution in [1.82, 2.24) is 20.4 Å². The molecule has 2 N–H and O–H groups in total. The van der Waals surface area contributed by atoms with Gasteiger partial charge in [-0.05, 0) is 19.3 Å². The molecule has 1 fully saturated rings. The molecule has 0 radical (unpaired) electrons. The van der Waals surface area contributed by atoms with Gasteiger partial charge in [0.25, 0.3) is 5.91 Å². The van der Waals surface area contributed by atoms with Gasteiger partial charge in [-0.25, -0.2) is 0 Å². The van der Waals surface area contributed by atoms with E-state index in [2.05, 4.69) is 10.3 Å². The second kappa shape index (κ2) is 10.1. The molecule has 0 bridgehead atoms. The SMILES string of the molecule is CC(C)CC(C(=O)N1CC2(CC1C#N)N=C(C(C)(C)C)NC2=O)N(C)C(=O)C(C)NC(=O)C(F)(F)F. The van der Waals surface area contributed by atoms with Gasteiger partial charge in [0.1, 0.15) is 24.0 Å². The first-order valence-corrected chi connectivity index (χ1v) is 11.6. The zero-order valence-electron chi connectivity index (χ0n) is 21.5. The molecule has 0 aromatic carbocycles. The summed E-state index contributed by atoms with van der Waals surface area (Å²) >= 11 is 0. The monoisotopic (exact) mass is 514 g/mol. The van der Waals surface area contributed by atoms with E-state index in [1.165, 1.54) is 11.9 Å². The number of nitrogens with zero attached hydrogens (tertiary/aromatic N) is 4. The molecule has 36 heavy (non-hydrogen) atoms. The molecule has 0 aromatic heterocycles. The summed E-state index contributed by atoms with van der Waals surface area (Å²) in [6, 6.07) is -1.65. The number of hydrogen-bond donors (Lipinski definition) is 2. The number of amidine groups is 1. The Morgan fingerprint density at radius 2 is 1.86 bits per heavy atom. The fourth-order valence-corrected chi connectivity index (χ4v) is 4.21. The number of likely N-dealkylation sites (tertiary alicyclic amines) is 1. The number of carbonyl (C=O) groups is 4. The van der Waals surface area contributed by atoms with Crippen LogP contribution in [0.5, 0.6) is 0 Å². The first kappa shape index (κ1) is 29.1. The van der Waals surface area contributed by atoms with E-state index in [4.69, 9.17) is 0 Å². The van der Waals surface area contributed by atoms with Crippen molar-refractivity contribution in [3.8, 4) is 6.07 Å². The number of amides is 4. The second-order valence-corrected chi connectivity index (χ2v) is 10.8. The summed E-state index contributed by atoms with van der Waals surface area (Å²) in [5.41, 5.74) is -1.81. The number of alkyl halides is 3. The van der Waals surface area contributed by atoms with Crippen LogP contribution in [-0.4, -0.2) is 82.7 Å². The molecule has 2 aliphatic rings. The molecule has 1 spiro atoms. The van der Waals surface area contributed by atoms with Crippen molar-refractivity contribution in [2.45, 2.75) is 84.2 Å². The summed E-state index contributed by atoms with van der Waals surface area (Å²) in [6.45, 7) is 10.1. The van der Waals surface area contributed by atoms with Crippen molar-refractivity contribution >= 4 is 29.5 Å². The Morgan fingerprint density at radius 3 is 2.31 bits per heavy atom. The molecule has 2 heterocycles. The molecule has 10 nitrogen and oxygen atoms in total. The van der Waals surface area contributed by atoms with Crippen LogP contribution in [0.4, 0.5) is 13.2 Å². The number of hydrogen-bond acceptors (Lipinski definition) is 6. The number of rotatable bonds is 6. The molecule has 2 aliphatic heterocycles. The molecule has 4 unspecified atom stereocenters. The van der Waals surface area contributed by atoms with Gasteiger partial charge in [0.2, 0.25) is 11.8 Å². The van der Waals surface area contributed by atoms with Gasteiger partial charge in [0.15, 0.2) is 5.54 Å². The van der Waals surface area contributed by atoms with Gasteiger partial charge in [0.05, 0.1) is 12.6 Å². The predicted molar refractivity (Wildman–Crippen MR) is 123 cm³/mol. The third-order valence-corrected chi connectivity index (χ3v) is 6.23. The minimum Gasteiger partial charge on any atom is -0.337 e. The number of nitriles is 1. The quantitative estimate of drug-likeness (QED) is 0.552. The Morgan fingerprint density at radius 1 is 1.28 bits per heavy atom. The van der Waals surface area contributed by atoms with Crippen LogP contribution in [0.3, 0.4) is 0 Å².